The average Bonchev–Trinajstić information content (AvgIpc) is 2.76. The summed E-state index contributed by atoms with van der Waals surface area (Å²) in [5.41, 5.74) is 4.38. The molecule has 1 aromatic carbocycles. The molecule has 0 fully saturated rings. The number of halogens is 1. The number of nitrogens with zero attached hydrogens (tertiary/aromatic N) is 1. The highest BCUT2D eigenvalue weighted by Gasteiger charge is 2.08. The van der Waals surface area contributed by atoms with Crippen LogP contribution in [0.2, 0.25) is 0 Å². The predicted octanol–water partition coefficient (Wildman–Crippen LogP) is 4.38. The van der Waals surface area contributed by atoms with Crippen LogP contribution in [0.5, 0.6) is 5.75 Å². The first-order valence-corrected chi connectivity index (χ1v) is 7.89. The molecule has 0 saturated heterocycles. The zero-order valence-corrected chi connectivity index (χ0v) is 13.9. The Kier molecular flexibility index (Phi) is 5.58. The minimum atomic E-state index is -0.270. The number of ether oxygens (including phenoxy) is 1. The van der Waals surface area contributed by atoms with Gasteiger partial charge in [-0.05, 0) is 62.3 Å². The monoisotopic (exact) mass is 304 g/mol. The molecule has 0 spiro atoms. The number of H-pyrrole nitrogens is 1. The molecule has 22 heavy (non-hydrogen) atoms. The second kappa shape index (κ2) is 7.43. The molecule has 120 valence electrons. The van der Waals surface area contributed by atoms with Crippen LogP contribution < -0.4 is 4.74 Å². The van der Waals surface area contributed by atoms with Gasteiger partial charge in [0.25, 0.3) is 0 Å². The van der Waals surface area contributed by atoms with Crippen molar-refractivity contribution >= 4 is 0 Å². The van der Waals surface area contributed by atoms with Gasteiger partial charge in [0.05, 0.1) is 12.3 Å². The highest BCUT2D eigenvalue weighted by Crippen LogP contribution is 2.20. The Hall–Kier alpha value is -1.84. The Bertz CT molecular complexity index is 600. The van der Waals surface area contributed by atoms with Crippen molar-refractivity contribution in [2.45, 2.75) is 47.0 Å². The summed E-state index contributed by atoms with van der Waals surface area (Å²) in [6.45, 7) is 8.77. The highest BCUT2D eigenvalue weighted by molar-refractivity contribution is 5.29. The number of hydrogen-bond acceptors (Lipinski definition) is 2. The maximum absolute atomic E-state index is 14.0. The molecule has 1 heterocycles. The predicted molar refractivity (Wildman–Crippen MR) is 86.8 cm³/mol. The van der Waals surface area contributed by atoms with Crippen LogP contribution in [0.15, 0.2) is 18.2 Å². The minimum Gasteiger partial charge on any atom is -0.491 e. The van der Waals surface area contributed by atoms with E-state index in [-0.39, 0.29) is 5.82 Å². The van der Waals surface area contributed by atoms with Crippen LogP contribution in [0, 0.1) is 25.6 Å². The van der Waals surface area contributed by atoms with Crippen molar-refractivity contribution in [1.82, 2.24) is 10.2 Å². The van der Waals surface area contributed by atoms with Gasteiger partial charge in [-0.25, -0.2) is 4.39 Å². The van der Waals surface area contributed by atoms with Crippen molar-refractivity contribution in [3.8, 4) is 5.75 Å². The van der Waals surface area contributed by atoms with Crippen molar-refractivity contribution in [2.24, 2.45) is 5.92 Å². The lowest BCUT2D eigenvalue weighted by molar-refractivity contribution is 0.295. The van der Waals surface area contributed by atoms with Gasteiger partial charge in [-0.15, -0.1) is 0 Å². The number of benzene rings is 1. The second-order valence-electron chi connectivity index (χ2n) is 6.23. The van der Waals surface area contributed by atoms with Gasteiger partial charge in [0.1, 0.15) is 0 Å². The average molecular weight is 304 g/mol. The van der Waals surface area contributed by atoms with Gasteiger partial charge >= 0.3 is 0 Å². The number of aromatic nitrogens is 2. The molecule has 1 aromatic heterocycles. The van der Waals surface area contributed by atoms with Gasteiger partial charge in [0, 0.05) is 5.69 Å². The first-order valence-electron chi connectivity index (χ1n) is 7.89. The topological polar surface area (TPSA) is 37.9 Å². The molecule has 2 aromatic rings. The van der Waals surface area contributed by atoms with E-state index in [0.717, 1.165) is 36.2 Å². The Balaban J connectivity index is 1.84. The van der Waals surface area contributed by atoms with Gasteiger partial charge in [-0.2, -0.15) is 5.10 Å². The smallest absolute Gasteiger partial charge is 0.165 e. The molecule has 0 amide bonds. The zero-order valence-electron chi connectivity index (χ0n) is 13.9. The van der Waals surface area contributed by atoms with Crippen molar-refractivity contribution in [3.63, 3.8) is 0 Å². The molecular formula is C18H25FN2O. The zero-order chi connectivity index (χ0) is 16.1. The summed E-state index contributed by atoms with van der Waals surface area (Å²) in [5, 5.41) is 7.15. The van der Waals surface area contributed by atoms with Gasteiger partial charge in [0.2, 0.25) is 0 Å². The van der Waals surface area contributed by atoms with Crippen molar-refractivity contribution < 1.29 is 9.13 Å². The normalized spacial score (nSPS) is 11.2. The van der Waals surface area contributed by atoms with Crippen LogP contribution in [-0.2, 0) is 12.8 Å². The van der Waals surface area contributed by atoms with E-state index in [2.05, 4.69) is 24.0 Å². The molecule has 2 rings (SSSR count). The molecule has 0 saturated carbocycles. The standard InChI is InChI=1S/C18H25FN2O/c1-12(2)10-15-7-8-18(17(19)11-15)22-9-5-6-16-13(3)20-21-14(16)4/h7-8,11-12H,5-6,9-10H2,1-4H3,(H,20,21). The highest BCUT2D eigenvalue weighted by atomic mass is 19.1. The molecule has 3 nitrogen and oxygen atoms in total. The Labute approximate surface area is 131 Å². The number of aryl methyl sites for hydroxylation is 2. The van der Waals surface area contributed by atoms with E-state index in [1.165, 1.54) is 5.56 Å². The maximum Gasteiger partial charge on any atom is 0.165 e. The summed E-state index contributed by atoms with van der Waals surface area (Å²) >= 11 is 0. The molecule has 0 aliphatic heterocycles. The van der Waals surface area contributed by atoms with Crippen molar-refractivity contribution in [2.75, 3.05) is 6.61 Å². The summed E-state index contributed by atoms with van der Waals surface area (Å²) in [6.07, 6.45) is 2.62. The molecular weight excluding hydrogens is 279 g/mol. The van der Waals surface area contributed by atoms with Crippen LogP contribution in [0.3, 0.4) is 0 Å². The number of hydrogen-bond donors (Lipinski definition) is 1. The molecule has 0 atom stereocenters. The first-order chi connectivity index (χ1) is 10.5. The fraction of sp³-hybridized carbons (Fsp3) is 0.500. The van der Waals surface area contributed by atoms with Crippen molar-refractivity contribution in [3.05, 3.63) is 46.5 Å². The third-order valence-corrected chi connectivity index (χ3v) is 3.75. The molecule has 0 bridgehead atoms. The summed E-state index contributed by atoms with van der Waals surface area (Å²) in [4.78, 5) is 0. The molecule has 0 aliphatic carbocycles. The van der Waals surface area contributed by atoms with E-state index in [0.29, 0.717) is 18.3 Å². The molecule has 1 N–H and O–H groups in total. The number of rotatable bonds is 7. The fourth-order valence-electron chi connectivity index (χ4n) is 2.63. The minimum absolute atomic E-state index is 0.270. The lowest BCUT2D eigenvalue weighted by Crippen LogP contribution is -2.03. The quantitative estimate of drug-likeness (QED) is 0.771. The number of aromatic amines is 1. The van der Waals surface area contributed by atoms with Crippen molar-refractivity contribution in [1.29, 1.82) is 0 Å². The summed E-state index contributed by atoms with van der Waals surface area (Å²) < 4.78 is 19.6. The van der Waals surface area contributed by atoms with E-state index < -0.39 is 0 Å². The van der Waals surface area contributed by atoms with Crippen LogP contribution in [0.25, 0.3) is 0 Å². The Morgan fingerprint density at radius 1 is 1.27 bits per heavy atom. The van der Waals surface area contributed by atoms with E-state index in [1.54, 1.807) is 12.1 Å². The van der Waals surface area contributed by atoms with E-state index in [4.69, 9.17) is 4.74 Å². The third kappa shape index (κ3) is 4.33. The van der Waals surface area contributed by atoms with E-state index in [1.807, 2.05) is 19.9 Å². The summed E-state index contributed by atoms with van der Waals surface area (Å²) in [5.74, 6) is 0.592. The van der Waals surface area contributed by atoms with Crippen LogP contribution in [-0.4, -0.2) is 16.8 Å². The second-order valence-corrected chi connectivity index (χ2v) is 6.23. The molecule has 0 unspecified atom stereocenters. The summed E-state index contributed by atoms with van der Waals surface area (Å²) in [6, 6.07) is 5.27. The Morgan fingerprint density at radius 2 is 2.05 bits per heavy atom. The van der Waals surface area contributed by atoms with Crippen LogP contribution in [0.4, 0.5) is 4.39 Å². The lowest BCUT2D eigenvalue weighted by atomic mass is 10.0. The van der Waals surface area contributed by atoms with Gasteiger partial charge in [0.15, 0.2) is 11.6 Å². The van der Waals surface area contributed by atoms with Crippen LogP contribution in [0.1, 0.15) is 42.8 Å². The fourth-order valence-corrected chi connectivity index (χ4v) is 2.63. The largest absolute Gasteiger partial charge is 0.491 e. The molecule has 0 radical (unpaired) electrons. The first kappa shape index (κ1) is 16.5. The Morgan fingerprint density at radius 3 is 2.64 bits per heavy atom. The lowest BCUT2D eigenvalue weighted by Gasteiger charge is -2.10. The maximum atomic E-state index is 14.0. The van der Waals surface area contributed by atoms with Gasteiger partial charge in [-0.3, -0.25) is 5.10 Å². The van der Waals surface area contributed by atoms with Gasteiger partial charge < -0.3 is 4.74 Å². The number of nitrogens with one attached hydrogen (secondary N) is 1. The molecule has 4 heteroatoms. The summed E-state index contributed by atoms with van der Waals surface area (Å²) in [7, 11) is 0. The van der Waals surface area contributed by atoms with Crippen LogP contribution >= 0.6 is 0 Å². The van der Waals surface area contributed by atoms with E-state index >= 15 is 0 Å². The SMILES string of the molecule is Cc1n[nH]c(C)c1CCCOc1ccc(CC(C)C)cc1F. The van der Waals surface area contributed by atoms with E-state index in [9.17, 15) is 4.39 Å². The third-order valence-electron chi connectivity index (χ3n) is 3.75. The molecule has 0 aliphatic rings. The van der Waals surface area contributed by atoms with Gasteiger partial charge in [-0.1, -0.05) is 19.9 Å².